The fourth-order valence-corrected chi connectivity index (χ4v) is 4.32. The van der Waals surface area contributed by atoms with Crippen LogP contribution in [0.2, 0.25) is 0 Å². The number of nitrogens with zero attached hydrogens (tertiary/aromatic N) is 3. The minimum absolute atomic E-state index is 0.0272. The topological polar surface area (TPSA) is 68.6 Å². The summed E-state index contributed by atoms with van der Waals surface area (Å²) in [5.41, 5.74) is 2.80. The van der Waals surface area contributed by atoms with Gasteiger partial charge in [0, 0.05) is 50.3 Å². The molecule has 1 N–H and O–H groups in total. The number of aromatic nitrogens is 2. The van der Waals surface area contributed by atoms with Crippen molar-refractivity contribution in [2.75, 3.05) is 44.9 Å². The van der Waals surface area contributed by atoms with Gasteiger partial charge in [-0.1, -0.05) is 6.07 Å². The molecule has 1 unspecified atom stereocenters. The van der Waals surface area contributed by atoms with Gasteiger partial charge in [-0.2, -0.15) is 5.10 Å². The van der Waals surface area contributed by atoms with Crippen molar-refractivity contribution < 1.29 is 14.3 Å². The quantitative estimate of drug-likeness (QED) is 0.810. The Morgan fingerprint density at radius 2 is 2.14 bits per heavy atom. The molecule has 2 fully saturated rings. The van der Waals surface area contributed by atoms with Crippen molar-refractivity contribution in [1.29, 1.82) is 0 Å². The minimum Gasteiger partial charge on any atom is -0.497 e. The molecule has 29 heavy (non-hydrogen) atoms. The average Bonchev–Trinajstić information content (AvgIpc) is 3.39. The summed E-state index contributed by atoms with van der Waals surface area (Å²) < 4.78 is 12.8. The summed E-state index contributed by atoms with van der Waals surface area (Å²) in [6.45, 7) is 6.12. The summed E-state index contributed by atoms with van der Waals surface area (Å²) in [5.74, 6) is 1.29. The maximum Gasteiger partial charge on any atom is 0.254 e. The van der Waals surface area contributed by atoms with Crippen molar-refractivity contribution in [1.82, 2.24) is 15.1 Å². The van der Waals surface area contributed by atoms with E-state index in [0.29, 0.717) is 24.1 Å². The Balaban J connectivity index is 1.31. The van der Waals surface area contributed by atoms with Crippen molar-refractivity contribution in [3.05, 3.63) is 41.7 Å². The molecule has 156 valence electrons. The highest BCUT2D eigenvalue weighted by Gasteiger charge is 2.25. The first-order chi connectivity index (χ1) is 14.2. The lowest BCUT2D eigenvalue weighted by Crippen LogP contribution is -2.31. The van der Waals surface area contributed by atoms with E-state index in [1.807, 2.05) is 23.7 Å². The van der Waals surface area contributed by atoms with E-state index < -0.39 is 0 Å². The highest BCUT2D eigenvalue weighted by atomic mass is 16.5. The molecule has 1 aromatic heterocycles. The van der Waals surface area contributed by atoms with Gasteiger partial charge in [-0.15, -0.1) is 0 Å². The Morgan fingerprint density at radius 3 is 2.93 bits per heavy atom. The molecule has 7 heteroatoms. The highest BCUT2D eigenvalue weighted by Crippen LogP contribution is 2.27. The average molecular weight is 399 g/mol. The number of rotatable bonds is 6. The molecule has 1 aromatic carbocycles. The standard InChI is InChI=1S/C22H30N4O3/c1-16-21(14-24-26(16)18-7-10-29-11-8-18)22(27)23-13-17-6-9-25(15-17)19-4-3-5-20(12-19)28-2/h3-5,12,14,17-18H,6-11,13,15H2,1-2H3,(H,23,27). The third-order valence-electron chi connectivity index (χ3n) is 6.08. The normalized spacial score (nSPS) is 20.1. The van der Waals surface area contributed by atoms with Crippen molar-refractivity contribution in [3.63, 3.8) is 0 Å². The molecular weight excluding hydrogens is 368 g/mol. The number of nitrogens with one attached hydrogen (secondary N) is 1. The van der Waals surface area contributed by atoms with Crippen LogP contribution in [0.5, 0.6) is 5.75 Å². The van der Waals surface area contributed by atoms with Crippen molar-refractivity contribution in [2.24, 2.45) is 5.92 Å². The number of carbonyl (C=O) groups excluding carboxylic acids is 1. The van der Waals surface area contributed by atoms with Gasteiger partial charge >= 0.3 is 0 Å². The molecule has 1 atom stereocenters. The van der Waals surface area contributed by atoms with Crippen molar-refractivity contribution in [2.45, 2.75) is 32.2 Å². The molecule has 2 aromatic rings. The fraction of sp³-hybridized carbons (Fsp3) is 0.545. The molecule has 0 radical (unpaired) electrons. The van der Waals surface area contributed by atoms with Crippen LogP contribution in [-0.4, -0.2) is 55.6 Å². The smallest absolute Gasteiger partial charge is 0.254 e. The van der Waals surface area contributed by atoms with Gasteiger partial charge in [0.1, 0.15) is 5.75 Å². The van der Waals surface area contributed by atoms with Crippen LogP contribution in [0.1, 0.15) is 41.4 Å². The van der Waals surface area contributed by atoms with Crippen molar-refractivity contribution >= 4 is 11.6 Å². The number of hydrogen-bond acceptors (Lipinski definition) is 5. The van der Waals surface area contributed by atoms with E-state index in [2.05, 4.69) is 27.4 Å². The lowest BCUT2D eigenvalue weighted by atomic mass is 10.1. The zero-order valence-electron chi connectivity index (χ0n) is 17.3. The number of carbonyl (C=O) groups is 1. The first kappa shape index (κ1) is 19.8. The van der Waals surface area contributed by atoms with Crippen LogP contribution in [0.25, 0.3) is 0 Å². The van der Waals surface area contributed by atoms with Crippen LogP contribution in [0.3, 0.4) is 0 Å². The number of methoxy groups -OCH3 is 1. The summed E-state index contributed by atoms with van der Waals surface area (Å²) in [6.07, 6.45) is 4.67. The Morgan fingerprint density at radius 1 is 1.31 bits per heavy atom. The molecule has 3 heterocycles. The van der Waals surface area contributed by atoms with Gasteiger partial charge in [-0.3, -0.25) is 9.48 Å². The third kappa shape index (κ3) is 4.40. The second-order valence-corrected chi connectivity index (χ2v) is 7.94. The summed E-state index contributed by atoms with van der Waals surface area (Å²) in [4.78, 5) is 15.1. The summed E-state index contributed by atoms with van der Waals surface area (Å²) in [6, 6.07) is 8.48. The Labute approximate surface area is 172 Å². The van der Waals surface area contributed by atoms with Crippen LogP contribution >= 0.6 is 0 Å². The molecule has 2 saturated heterocycles. The van der Waals surface area contributed by atoms with E-state index in [-0.39, 0.29) is 5.91 Å². The van der Waals surface area contributed by atoms with Gasteiger partial charge in [0.05, 0.1) is 24.9 Å². The van der Waals surface area contributed by atoms with Crippen LogP contribution in [0, 0.1) is 12.8 Å². The molecule has 0 aliphatic carbocycles. The SMILES string of the molecule is COc1cccc(N2CCC(CNC(=O)c3cnn(C4CCOCC4)c3C)C2)c1. The van der Waals surface area contributed by atoms with E-state index in [1.54, 1.807) is 13.3 Å². The van der Waals surface area contributed by atoms with Gasteiger partial charge < -0.3 is 19.7 Å². The molecule has 2 aliphatic heterocycles. The molecule has 2 aliphatic rings. The van der Waals surface area contributed by atoms with E-state index >= 15 is 0 Å². The van der Waals surface area contributed by atoms with Gasteiger partial charge in [0.25, 0.3) is 5.91 Å². The molecule has 1 amide bonds. The lowest BCUT2D eigenvalue weighted by Gasteiger charge is -2.23. The Kier molecular flexibility index (Phi) is 6.04. The van der Waals surface area contributed by atoms with Crippen molar-refractivity contribution in [3.8, 4) is 5.75 Å². The highest BCUT2D eigenvalue weighted by molar-refractivity contribution is 5.95. The summed E-state index contributed by atoms with van der Waals surface area (Å²) in [5, 5.41) is 7.61. The number of hydrogen-bond donors (Lipinski definition) is 1. The van der Waals surface area contributed by atoms with Gasteiger partial charge in [-0.05, 0) is 44.2 Å². The maximum absolute atomic E-state index is 12.7. The first-order valence-corrected chi connectivity index (χ1v) is 10.4. The zero-order valence-corrected chi connectivity index (χ0v) is 17.3. The zero-order chi connectivity index (χ0) is 20.2. The largest absolute Gasteiger partial charge is 0.497 e. The van der Waals surface area contributed by atoms with E-state index in [1.165, 1.54) is 5.69 Å². The van der Waals surface area contributed by atoms with Gasteiger partial charge in [-0.25, -0.2) is 0 Å². The second kappa shape index (κ2) is 8.86. The minimum atomic E-state index is -0.0272. The second-order valence-electron chi connectivity index (χ2n) is 7.94. The maximum atomic E-state index is 12.7. The molecule has 0 bridgehead atoms. The van der Waals surface area contributed by atoms with Gasteiger partial charge in [0.2, 0.25) is 0 Å². The molecule has 4 rings (SSSR count). The van der Waals surface area contributed by atoms with Crippen LogP contribution in [0.4, 0.5) is 5.69 Å². The number of benzene rings is 1. The van der Waals surface area contributed by atoms with Crippen LogP contribution in [0.15, 0.2) is 30.5 Å². The molecular formula is C22H30N4O3. The van der Waals surface area contributed by atoms with E-state index in [0.717, 1.165) is 57.0 Å². The molecule has 0 spiro atoms. The number of ether oxygens (including phenoxy) is 2. The first-order valence-electron chi connectivity index (χ1n) is 10.4. The Hall–Kier alpha value is -2.54. The van der Waals surface area contributed by atoms with Crippen LogP contribution in [-0.2, 0) is 4.74 Å². The number of amides is 1. The van der Waals surface area contributed by atoms with Crippen LogP contribution < -0.4 is 15.0 Å². The predicted molar refractivity (Wildman–Crippen MR) is 112 cm³/mol. The van der Waals surface area contributed by atoms with E-state index in [4.69, 9.17) is 9.47 Å². The van der Waals surface area contributed by atoms with Gasteiger partial charge in [0.15, 0.2) is 0 Å². The Bertz CT molecular complexity index is 844. The summed E-state index contributed by atoms with van der Waals surface area (Å²) >= 11 is 0. The molecule has 0 saturated carbocycles. The summed E-state index contributed by atoms with van der Waals surface area (Å²) in [7, 11) is 1.69. The third-order valence-corrected chi connectivity index (χ3v) is 6.08. The monoisotopic (exact) mass is 398 g/mol. The predicted octanol–water partition coefficient (Wildman–Crippen LogP) is 2.81. The fourth-order valence-electron chi connectivity index (χ4n) is 4.32. The van der Waals surface area contributed by atoms with E-state index in [9.17, 15) is 4.79 Å². The molecule has 7 nitrogen and oxygen atoms in total. The number of anilines is 1. The lowest BCUT2D eigenvalue weighted by molar-refractivity contribution is 0.0656.